The Hall–Kier alpha value is -1.09. The second-order valence-electron chi connectivity index (χ2n) is 4.62. The zero-order chi connectivity index (χ0) is 11.1. The van der Waals surface area contributed by atoms with E-state index in [1.165, 1.54) is 38.8 Å². The van der Waals surface area contributed by atoms with Gasteiger partial charge in [-0.15, -0.1) is 0 Å². The molecule has 0 spiro atoms. The number of nitrogens with zero attached hydrogens (tertiary/aromatic N) is 2. The number of hydrogen-bond acceptors (Lipinski definition) is 1. The molecule has 1 atom stereocenters. The van der Waals surface area contributed by atoms with E-state index in [1.807, 2.05) is 18.7 Å². The van der Waals surface area contributed by atoms with Crippen molar-refractivity contribution in [2.24, 2.45) is 5.92 Å². The third-order valence-electron chi connectivity index (χ3n) is 3.26. The fourth-order valence-corrected chi connectivity index (χ4v) is 2.26. The predicted molar refractivity (Wildman–Crippen MR) is 65.0 cm³/mol. The molecule has 88 valence electrons. The minimum atomic E-state index is 0.915. The number of aromatic nitrogens is 2. The molecule has 0 saturated carbocycles. The molecule has 0 amide bonds. The first-order valence-electron chi connectivity index (χ1n) is 6.37. The monoisotopic (exact) mass is 220 g/mol. The van der Waals surface area contributed by atoms with Crippen molar-refractivity contribution in [3.8, 4) is 0 Å². The number of aryl methyl sites for hydroxylation is 1. The maximum Gasteiger partial charge on any atom is 0.0945 e. The van der Waals surface area contributed by atoms with Gasteiger partial charge in [0.2, 0.25) is 0 Å². The average Bonchev–Trinajstić information content (AvgIpc) is 2.83. The number of hydrogen-bond donors (Lipinski definition) is 1. The Morgan fingerprint density at radius 1 is 1.38 bits per heavy atom. The summed E-state index contributed by atoms with van der Waals surface area (Å²) in [5.41, 5.74) is 0. The largest absolute Gasteiger partial charge is 0.346 e. The summed E-state index contributed by atoms with van der Waals surface area (Å²) in [5, 5.41) is 2.47. The van der Waals surface area contributed by atoms with E-state index in [2.05, 4.69) is 27.0 Å². The van der Waals surface area contributed by atoms with Gasteiger partial charge in [0.15, 0.2) is 0 Å². The van der Waals surface area contributed by atoms with E-state index in [4.69, 9.17) is 0 Å². The van der Waals surface area contributed by atoms with E-state index in [-0.39, 0.29) is 0 Å². The van der Waals surface area contributed by atoms with Crippen LogP contribution < -0.4 is 5.32 Å². The molecule has 1 aliphatic rings. The molecule has 16 heavy (non-hydrogen) atoms. The van der Waals surface area contributed by atoms with Crippen molar-refractivity contribution in [1.29, 1.82) is 0 Å². The van der Waals surface area contributed by atoms with Gasteiger partial charge in [0.05, 0.1) is 19.4 Å². The van der Waals surface area contributed by atoms with Gasteiger partial charge in [-0.3, -0.25) is 0 Å². The van der Waals surface area contributed by atoms with Crippen LogP contribution >= 0.6 is 0 Å². The van der Waals surface area contributed by atoms with Gasteiger partial charge in [0, 0.05) is 31.3 Å². The Labute approximate surface area is 97.6 Å². The molecule has 0 bridgehead atoms. The molecule has 0 fully saturated rings. The number of quaternary nitrogens is 1. The molecule has 2 rings (SSSR count). The summed E-state index contributed by atoms with van der Waals surface area (Å²) >= 11 is 0. The van der Waals surface area contributed by atoms with Crippen LogP contribution in [0, 0.1) is 5.92 Å². The summed E-state index contributed by atoms with van der Waals surface area (Å²) in [6.07, 6.45) is 15.6. The fraction of sp³-hybridized carbons (Fsp3) is 0.615. The van der Waals surface area contributed by atoms with E-state index in [9.17, 15) is 0 Å². The molecule has 2 N–H and O–H groups in total. The molecule has 1 heterocycles. The smallest absolute Gasteiger partial charge is 0.0945 e. The Kier molecular flexibility index (Phi) is 4.62. The number of allylic oxidation sites excluding steroid dienone is 2. The first kappa shape index (κ1) is 11.4. The molecule has 0 aliphatic heterocycles. The summed E-state index contributed by atoms with van der Waals surface area (Å²) in [6.45, 7) is 3.63. The Morgan fingerprint density at radius 2 is 2.38 bits per heavy atom. The molecule has 3 nitrogen and oxygen atoms in total. The van der Waals surface area contributed by atoms with Gasteiger partial charge in [-0.25, -0.2) is 4.98 Å². The van der Waals surface area contributed by atoms with Crippen molar-refractivity contribution in [2.45, 2.75) is 32.2 Å². The van der Waals surface area contributed by atoms with E-state index in [0.29, 0.717) is 0 Å². The average molecular weight is 220 g/mol. The molecule has 0 aromatic carbocycles. The molecular formula is C13H22N3+. The quantitative estimate of drug-likeness (QED) is 0.567. The van der Waals surface area contributed by atoms with Gasteiger partial charge in [-0.1, -0.05) is 12.2 Å². The molecule has 0 unspecified atom stereocenters. The minimum absolute atomic E-state index is 0.915. The van der Waals surface area contributed by atoms with Crippen LogP contribution in [0.1, 0.15) is 25.7 Å². The zero-order valence-electron chi connectivity index (χ0n) is 9.89. The summed E-state index contributed by atoms with van der Waals surface area (Å²) in [6, 6.07) is 0. The van der Waals surface area contributed by atoms with Gasteiger partial charge >= 0.3 is 0 Å². The molecule has 1 aromatic heterocycles. The Bertz CT molecular complexity index is 303. The van der Waals surface area contributed by atoms with E-state index in [0.717, 1.165) is 12.5 Å². The van der Waals surface area contributed by atoms with Crippen molar-refractivity contribution < 1.29 is 5.32 Å². The van der Waals surface area contributed by atoms with Crippen LogP contribution in [-0.4, -0.2) is 22.6 Å². The lowest BCUT2D eigenvalue weighted by Gasteiger charge is -2.15. The van der Waals surface area contributed by atoms with Gasteiger partial charge in [-0.2, -0.15) is 0 Å². The van der Waals surface area contributed by atoms with E-state index in [1.54, 1.807) is 0 Å². The minimum Gasteiger partial charge on any atom is -0.346 e. The van der Waals surface area contributed by atoms with Crippen molar-refractivity contribution >= 4 is 0 Å². The van der Waals surface area contributed by atoms with Gasteiger partial charge in [0.25, 0.3) is 0 Å². The second kappa shape index (κ2) is 6.48. The lowest BCUT2D eigenvalue weighted by Crippen LogP contribution is -2.85. The van der Waals surface area contributed by atoms with Crippen molar-refractivity contribution in [3.63, 3.8) is 0 Å². The Balaban J connectivity index is 1.50. The molecule has 1 aliphatic carbocycles. The number of nitrogens with two attached hydrogens (primary N) is 1. The number of imidazole rings is 1. The normalized spacial score (nSPS) is 20.1. The summed E-state index contributed by atoms with van der Waals surface area (Å²) in [5.74, 6) is 0.915. The highest BCUT2D eigenvalue weighted by Gasteiger charge is 2.10. The fourth-order valence-electron chi connectivity index (χ4n) is 2.26. The highest BCUT2D eigenvalue weighted by atomic mass is 15.0. The molecule has 1 aromatic rings. The zero-order valence-corrected chi connectivity index (χ0v) is 9.89. The van der Waals surface area contributed by atoms with Crippen LogP contribution in [0.3, 0.4) is 0 Å². The van der Waals surface area contributed by atoms with Gasteiger partial charge in [-0.05, 0) is 19.3 Å². The van der Waals surface area contributed by atoms with Crippen LogP contribution in [0.25, 0.3) is 0 Å². The van der Waals surface area contributed by atoms with Gasteiger partial charge in [0.1, 0.15) is 0 Å². The molecule has 3 heteroatoms. The van der Waals surface area contributed by atoms with Gasteiger partial charge < -0.3 is 9.88 Å². The second-order valence-corrected chi connectivity index (χ2v) is 4.62. The first-order chi connectivity index (χ1) is 7.95. The predicted octanol–water partition coefficient (Wildman–Crippen LogP) is 1.19. The highest BCUT2D eigenvalue weighted by molar-refractivity contribution is 4.89. The highest BCUT2D eigenvalue weighted by Crippen LogP contribution is 2.15. The van der Waals surface area contributed by atoms with E-state index >= 15 is 0 Å². The summed E-state index contributed by atoms with van der Waals surface area (Å²) < 4.78 is 2.15. The maximum atomic E-state index is 4.04. The van der Waals surface area contributed by atoms with Crippen LogP contribution in [0.5, 0.6) is 0 Å². The van der Waals surface area contributed by atoms with Crippen molar-refractivity contribution in [2.75, 3.05) is 13.1 Å². The first-order valence-corrected chi connectivity index (χ1v) is 6.37. The SMILES string of the molecule is C1=CC[C@@H](C[NH2+]CCCn2ccnc2)CC1. The third kappa shape index (κ3) is 3.81. The van der Waals surface area contributed by atoms with Crippen molar-refractivity contribution in [1.82, 2.24) is 9.55 Å². The molecule has 0 radical (unpaired) electrons. The maximum absolute atomic E-state index is 4.04. The van der Waals surface area contributed by atoms with Crippen LogP contribution in [0.15, 0.2) is 30.9 Å². The van der Waals surface area contributed by atoms with E-state index < -0.39 is 0 Å². The lowest BCUT2D eigenvalue weighted by atomic mass is 9.94. The molecular weight excluding hydrogens is 198 g/mol. The Morgan fingerprint density at radius 3 is 3.12 bits per heavy atom. The van der Waals surface area contributed by atoms with Crippen LogP contribution in [0.2, 0.25) is 0 Å². The third-order valence-corrected chi connectivity index (χ3v) is 3.26. The van der Waals surface area contributed by atoms with Crippen LogP contribution in [0.4, 0.5) is 0 Å². The number of rotatable bonds is 6. The topological polar surface area (TPSA) is 34.4 Å². The summed E-state index contributed by atoms with van der Waals surface area (Å²) in [4.78, 5) is 4.04. The van der Waals surface area contributed by atoms with Crippen molar-refractivity contribution in [3.05, 3.63) is 30.9 Å². The summed E-state index contributed by atoms with van der Waals surface area (Å²) in [7, 11) is 0. The van der Waals surface area contributed by atoms with Crippen LogP contribution in [-0.2, 0) is 6.54 Å². The standard InChI is InChI=1S/C13H21N3/c1-2-5-13(6-3-1)11-14-7-4-9-16-10-8-15-12-16/h1-2,8,10,12-14H,3-7,9,11H2/p+1/t13-/m1/s1. The lowest BCUT2D eigenvalue weighted by molar-refractivity contribution is -0.661. The molecule has 0 saturated heterocycles.